The summed E-state index contributed by atoms with van der Waals surface area (Å²) >= 11 is 0. The number of rotatable bonds is 1. The molecule has 84 valence electrons. The number of carbonyl (C=O) groups excluding carboxylic acids is 1. The van der Waals surface area contributed by atoms with Gasteiger partial charge in [-0.2, -0.15) is 0 Å². The van der Waals surface area contributed by atoms with Gasteiger partial charge in [0.15, 0.2) is 0 Å². The van der Waals surface area contributed by atoms with Crippen LogP contribution in [0.1, 0.15) is 38.3 Å². The van der Waals surface area contributed by atoms with Crippen molar-refractivity contribution >= 4 is 5.78 Å². The van der Waals surface area contributed by atoms with E-state index in [0.717, 1.165) is 12.8 Å². The Kier molecular flexibility index (Phi) is 1.74. The largest absolute Gasteiger partial charge is 0.300 e. The third-order valence-corrected chi connectivity index (χ3v) is 4.97. The Morgan fingerprint density at radius 1 is 1.31 bits per heavy atom. The van der Waals surface area contributed by atoms with Crippen molar-refractivity contribution in [2.45, 2.75) is 39.0 Å². The molecule has 0 saturated heterocycles. The van der Waals surface area contributed by atoms with E-state index in [1.807, 2.05) is 0 Å². The molecular weight excluding hydrogens is 196 g/mol. The van der Waals surface area contributed by atoms with Crippen LogP contribution >= 0.6 is 0 Å². The van der Waals surface area contributed by atoms with Gasteiger partial charge in [-0.3, -0.25) is 4.79 Å². The van der Waals surface area contributed by atoms with Gasteiger partial charge in [-0.25, -0.2) is 0 Å². The van der Waals surface area contributed by atoms with E-state index in [0.29, 0.717) is 5.78 Å². The molecule has 1 nitrogen and oxygen atoms in total. The van der Waals surface area contributed by atoms with E-state index in [-0.39, 0.29) is 16.7 Å². The Balaban J connectivity index is 2.14. The number of Topliss-reactive ketones (excluding diaryl/α,β-unsaturated/α-hetero) is 1. The summed E-state index contributed by atoms with van der Waals surface area (Å²) in [5.41, 5.74) is 3.22. The monoisotopic (exact) mass is 214 g/mol. The summed E-state index contributed by atoms with van der Waals surface area (Å²) in [5.74, 6) is 0.602. The van der Waals surface area contributed by atoms with Crippen molar-refractivity contribution in [3.63, 3.8) is 0 Å². The molecule has 0 radical (unpaired) electrons. The minimum Gasteiger partial charge on any atom is -0.300 e. The van der Waals surface area contributed by atoms with Crippen LogP contribution in [-0.2, 0) is 16.6 Å². The van der Waals surface area contributed by atoms with Crippen LogP contribution in [-0.4, -0.2) is 5.78 Å². The molecule has 0 N–H and O–H groups in total. The van der Waals surface area contributed by atoms with Gasteiger partial charge in [-0.05, 0) is 36.3 Å². The predicted molar refractivity (Wildman–Crippen MR) is 64.4 cm³/mol. The second-order valence-corrected chi connectivity index (χ2v) is 5.89. The summed E-state index contributed by atoms with van der Waals surface area (Å²) in [7, 11) is 0. The highest BCUT2D eigenvalue weighted by molar-refractivity contribution is 5.86. The second kappa shape index (κ2) is 2.77. The number of hydrogen-bond donors (Lipinski definition) is 0. The molecule has 0 aromatic heterocycles. The van der Waals surface area contributed by atoms with Crippen LogP contribution in [0.15, 0.2) is 24.3 Å². The number of fused-ring (bicyclic) bond motifs is 2. The molecule has 2 aliphatic carbocycles. The molecule has 2 aliphatic rings. The Morgan fingerprint density at radius 2 is 2.00 bits per heavy atom. The van der Waals surface area contributed by atoms with Crippen molar-refractivity contribution in [1.29, 1.82) is 0 Å². The van der Waals surface area contributed by atoms with Crippen LogP contribution in [0, 0.1) is 11.3 Å². The summed E-state index contributed by atoms with van der Waals surface area (Å²) in [6.07, 6.45) is 2.30. The quantitative estimate of drug-likeness (QED) is 0.702. The molecule has 1 spiro atoms. The highest BCUT2D eigenvalue weighted by Crippen LogP contribution is 2.74. The summed E-state index contributed by atoms with van der Waals surface area (Å²) in [4.78, 5) is 11.8. The first-order valence-corrected chi connectivity index (χ1v) is 6.10. The molecule has 0 amide bonds. The molecule has 0 bridgehead atoms. The van der Waals surface area contributed by atoms with E-state index in [1.165, 1.54) is 11.1 Å². The normalized spacial score (nSPS) is 33.8. The molecule has 16 heavy (non-hydrogen) atoms. The fourth-order valence-corrected chi connectivity index (χ4v) is 4.32. The lowest BCUT2D eigenvalue weighted by Crippen LogP contribution is -2.11. The van der Waals surface area contributed by atoms with Crippen molar-refractivity contribution in [2.24, 2.45) is 11.3 Å². The molecule has 2 atom stereocenters. The average Bonchev–Trinajstić information content (AvgIpc) is 2.52. The third kappa shape index (κ3) is 0.904. The molecule has 3 rings (SSSR count). The average molecular weight is 214 g/mol. The van der Waals surface area contributed by atoms with Gasteiger partial charge in [0.1, 0.15) is 5.78 Å². The zero-order valence-electron chi connectivity index (χ0n) is 10.2. The van der Waals surface area contributed by atoms with Crippen molar-refractivity contribution in [1.82, 2.24) is 0 Å². The minimum atomic E-state index is 0.158. The predicted octanol–water partition coefficient (Wildman–Crippen LogP) is 3.12. The maximum absolute atomic E-state index is 11.8. The SMILES string of the molecule is CC(=O)C1C(C)(C)C12CCc1ccccc12. The highest BCUT2D eigenvalue weighted by atomic mass is 16.1. The lowest BCUT2D eigenvalue weighted by molar-refractivity contribution is -0.119. The third-order valence-electron chi connectivity index (χ3n) is 4.97. The van der Waals surface area contributed by atoms with Crippen LogP contribution in [0.5, 0.6) is 0 Å². The van der Waals surface area contributed by atoms with Crippen molar-refractivity contribution in [3.05, 3.63) is 35.4 Å². The smallest absolute Gasteiger partial charge is 0.134 e. The van der Waals surface area contributed by atoms with Gasteiger partial charge in [0, 0.05) is 11.3 Å². The van der Waals surface area contributed by atoms with Gasteiger partial charge in [0.2, 0.25) is 0 Å². The summed E-state index contributed by atoms with van der Waals surface area (Å²) < 4.78 is 0. The molecule has 1 heteroatoms. The van der Waals surface area contributed by atoms with Crippen LogP contribution in [0.25, 0.3) is 0 Å². The summed E-state index contributed by atoms with van der Waals surface area (Å²) in [5, 5.41) is 0. The maximum atomic E-state index is 11.8. The molecule has 1 aromatic carbocycles. The zero-order valence-corrected chi connectivity index (χ0v) is 10.2. The van der Waals surface area contributed by atoms with Crippen molar-refractivity contribution in [3.8, 4) is 0 Å². The summed E-state index contributed by atoms with van der Waals surface area (Å²) in [6, 6.07) is 8.66. The molecule has 1 saturated carbocycles. The van der Waals surface area contributed by atoms with Crippen LogP contribution < -0.4 is 0 Å². The molecular formula is C15H18O. The van der Waals surface area contributed by atoms with E-state index in [2.05, 4.69) is 38.1 Å². The van der Waals surface area contributed by atoms with E-state index in [1.54, 1.807) is 6.92 Å². The fourth-order valence-electron chi connectivity index (χ4n) is 4.32. The van der Waals surface area contributed by atoms with E-state index < -0.39 is 0 Å². The Labute approximate surface area is 96.9 Å². The van der Waals surface area contributed by atoms with Gasteiger partial charge in [-0.1, -0.05) is 38.1 Å². The molecule has 1 fully saturated rings. The number of benzene rings is 1. The van der Waals surface area contributed by atoms with Crippen LogP contribution in [0.3, 0.4) is 0 Å². The lowest BCUT2D eigenvalue weighted by atomic mass is 9.89. The molecule has 0 aliphatic heterocycles. The van der Waals surface area contributed by atoms with Gasteiger partial charge in [0.05, 0.1) is 0 Å². The van der Waals surface area contributed by atoms with E-state index >= 15 is 0 Å². The first-order chi connectivity index (χ1) is 7.52. The highest BCUT2D eigenvalue weighted by Gasteiger charge is 2.74. The minimum absolute atomic E-state index is 0.158. The fraction of sp³-hybridized carbons (Fsp3) is 0.533. The van der Waals surface area contributed by atoms with Gasteiger partial charge in [-0.15, -0.1) is 0 Å². The Bertz CT molecular complexity index is 472. The van der Waals surface area contributed by atoms with Crippen LogP contribution in [0.2, 0.25) is 0 Å². The van der Waals surface area contributed by atoms with E-state index in [9.17, 15) is 4.79 Å². The van der Waals surface area contributed by atoms with Gasteiger partial charge < -0.3 is 0 Å². The number of hydrogen-bond acceptors (Lipinski definition) is 1. The number of aryl methyl sites for hydroxylation is 1. The molecule has 2 unspecified atom stereocenters. The van der Waals surface area contributed by atoms with Crippen LogP contribution in [0.4, 0.5) is 0 Å². The number of ketones is 1. The second-order valence-electron chi connectivity index (χ2n) is 5.89. The van der Waals surface area contributed by atoms with Gasteiger partial charge >= 0.3 is 0 Å². The Morgan fingerprint density at radius 3 is 2.62 bits per heavy atom. The molecule has 1 aromatic rings. The topological polar surface area (TPSA) is 17.1 Å². The first kappa shape index (κ1) is 10.1. The van der Waals surface area contributed by atoms with Crippen molar-refractivity contribution in [2.75, 3.05) is 0 Å². The first-order valence-electron chi connectivity index (χ1n) is 6.10. The maximum Gasteiger partial charge on any atom is 0.134 e. The Hall–Kier alpha value is -1.11. The molecule has 0 heterocycles. The van der Waals surface area contributed by atoms with Crippen molar-refractivity contribution < 1.29 is 4.79 Å². The summed E-state index contributed by atoms with van der Waals surface area (Å²) in [6.45, 7) is 6.25. The van der Waals surface area contributed by atoms with Gasteiger partial charge in [0.25, 0.3) is 0 Å². The zero-order chi connectivity index (χ0) is 11.6. The standard InChI is InChI=1S/C15H18O/c1-10(16)13-14(2,3)15(13)9-8-11-6-4-5-7-12(11)15/h4-7,13H,8-9H2,1-3H3. The lowest BCUT2D eigenvalue weighted by Gasteiger charge is -2.14. The number of carbonyl (C=O) groups is 1. The van der Waals surface area contributed by atoms with E-state index in [4.69, 9.17) is 0 Å².